The lowest BCUT2D eigenvalue weighted by Gasteiger charge is -2.13. The van der Waals surface area contributed by atoms with Crippen LogP contribution in [0, 0.1) is 6.92 Å². The van der Waals surface area contributed by atoms with Crippen molar-refractivity contribution < 1.29 is 5.11 Å². The molecule has 0 amide bonds. The molecule has 0 aromatic heterocycles. The second-order valence-corrected chi connectivity index (χ2v) is 5.29. The highest BCUT2D eigenvalue weighted by atomic mass is 79.9. The van der Waals surface area contributed by atoms with E-state index in [0.717, 1.165) is 21.2 Å². The molecule has 0 bridgehead atoms. The first-order chi connectivity index (χ1) is 8.08. The zero-order valence-corrected chi connectivity index (χ0v) is 11.7. The molecular weight excluding hydrogens is 300 g/mol. The van der Waals surface area contributed by atoms with Crippen LogP contribution in [0.3, 0.4) is 0 Å². The van der Waals surface area contributed by atoms with Crippen molar-refractivity contribution in [3.05, 3.63) is 68.7 Å². The molecule has 0 spiro atoms. The van der Waals surface area contributed by atoms with Crippen molar-refractivity contribution in [3.8, 4) is 0 Å². The van der Waals surface area contributed by atoms with E-state index in [1.54, 1.807) is 0 Å². The van der Waals surface area contributed by atoms with Crippen LogP contribution >= 0.6 is 27.5 Å². The van der Waals surface area contributed by atoms with Gasteiger partial charge in [-0.15, -0.1) is 0 Å². The molecule has 0 heterocycles. The van der Waals surface area contributed by atoms with Crippen LogP contribution in [-0.2, 0) is 0 Å². The maximum atomic E-state index is 10.3. The number of hydrogen-bond acceptors (Lipinski definition) is 1. The standard InChI is InChI=1S/C14H12BrClO/c1-9-5-6-11(8-13(9)16)14(17)10-3-2-4-12(15)7-10/h2-8,14,17H,1H3/t14-/m0/s1. The quantitative estimate of drug-likeness (QED) is 0.866. The number of rotatable bonds is 2. The highest BCUT2D eigenvalue weighted by Crippen LogP contribution is 2.27. The van der Waals surface area contributed by atoms with Crippen molar-refractivity contribution in [1.29, 1.82) is 0 Å². The molecule has 0 aliphatic carbocycles. The third-order valence-electron chi connectivity index (χ3n) is 2.68. The van der Waals surface area contributed by atoms with E-state index in [1.165, 1.54) is 0 Å². The summed E-state index contributed by atoms with van der Waals surface area (Å²) in [4.78, 5) is 0. The first kappa shape index (κ1) is 12.6. The van der Waals surface area contributed by atoms with Crippen LogP contribution in [-0.4, -0.2) is 5.11 Å². The highest BCUT2D eigenvalue weighted by Gasteiger charge is 2.11. The van der Waals surface area contributed by atoms with Crippen LogP contribution in [0.1, 0.15) is 22.8 Å². The number of aliphatic hydroxyl groups excluding tert-OH is 1. The van der Waals surface area contributed by atoms with Gasteiger partial charge < -0.3 is 5.11 Å². The first-order valence-corrected chi connectivity index (χ1v) is 6.44. The van der Waals surface area contributed by atoms with Gasteiger partial charge in [0.05, 0.1) is 0 Å². The monoisotopic (exact) mass is 310 g/mol. The van der Waals surface area contributed by atoms with Gasteiger partial charge in [0.1, 0.15) is 6.10 Å². The smallest absolute Gasteiger partial charge is 0.104 e. The molecule has 1 nitrogen and oxygen atoms in total. The van der Waals surface area contributed by atoms with E-state index in [-0.39, 0.29) is 0 Å². The predicted molar refractivity (Wildman–Crippen MR) is 74.4 cm³/mol. The summed E-state index contributed by atoms with van der Waals surface area (Å²) in [6.07, 6.45) is -0.648. The summed E-state index contributed by atoms with van der Waals surface area (Å²) in [5.41, 5.74) is 2.66. The van der Waals surface area contributed by atoms with E-state index in [9.17, 15) is 5.11 Å². The average molecular weight is 312 g/mol. The fourth-order valence-corrected chi connectivity index (χ4v) is 2.25. The molecule has 2 aromatic rings. The van der Waals surface area contributed by atoms with Gasteiger partial charge in [0.2, 0.25) is 0 Å². The van der Waals surface area contributed by atoms with Crippen molar-refractivity contribution in [2.75, 3.05) is 0 Å². The summed E-state index contributed by atoms with van der Waals surface area (Å²) in [7, 11) is 0. The van der Waals surface area contributed by atoms with Crippen molar-refractivity contribution in [2.45, 2.75) is 13.0 Å². The molecule has 0 saturated heterocycles. The maximum Gasteiger partial charge on any atom is 0.104 e. The molecule has 0 fully saturated rings. The van der Waals surface area contributed by atoms with Crippen LogP contribution in [0.4, 0.5) is 0 Å². The molecular formula is C14H12BrClO. The Balaban J connectivity index is 2.36. The van der Waals surface area contributed by atoms with Gasteiger partial charge in [-0.05, 0) is 41.8 Å². The van der Waals surface area contributed by atoms with Crippen molar-refractivity contribution in [2.24, 2.45) is 0 Å². The topological polar surface area (TPSA) is 20.2 Å². The molecule has 0 aliphatic heterocycles. The molecule has 88 valence electrons. The summed E-state index contributed by atoms with van der Waals surface area (Å²) in [5, 5.41) is 10.9. The average Bonchev–Trinajstić information content (AvgIpc) is 2.32. The number of benzene rings is 2. The molecule has 2 rings (SSSR count). The van der Waals surface area contributed by atoms with Crippen LogP contribution in [0.5, 0.6) is 0 Å². The Morgan fingerprint density at radius 3 is 2.47 bits per heavy atom. The summed E-state index contributed by atoms with van der Waals surface area (Å²) >= 11 is 9.45. The van der Waals surface area contributed by atoms with Gasteiger partial charge in [0.25, 0.3) is 0 Å². The minimum Gasteiger partial charge on any atom is -0.384 e. The Morgan fingerprint density at radius 2 is 1.82 bits per heavy atom. The molecule has 1 N–H and O–H groups in total. The molecule has 3 heteroatoms. The van der Waals surface area contributed by atoms with Gasteiger partial charge in [0, 0.05) is 9.50 Å². The number of aliphatic hydroxyl groups is 1. The van der Waals surface area contributed by atoms with E-state index < -0.39 is 6.10 Å². The van der Waals surface area contributed by atoms with E-state index in [4.69, 9.17) is 11.6 Å². The molecule has 2 aromatic carbocycles. The Labute approximate surface area is 114 Å². The Bertz CT molecular complexity index is 539. The normalized spacial score (nSPS) is 12.5. The van der Waals surface area contributed by atoms with E-state index in [0.29, 0.717) is 5.02 Å². The maximum absolute atomic E-state index is 10.3. The third-order valence-corrected chi connectivity index (χ3v) is 3.58. The van der Waals surface area contributed by atoms with Crippen LogP contribution < -0.4 is 0 Å². The first-order valence-electron chi connectivity index (χ1n) is 5.27. The molecule has 0 aliphatic rings. The molecule has 0 radical (unpaired) electrons. The second kappa shape index (κ2) is 5.21. The van der Waals surface area contributed by atoms with Crippen LogP contribution in [0.25, 0.3) is 0 Å². The largest absolute Gasteiger partial charge is 0.384 e. The lowest BCUT2D eigenvalue weighted by atomic mass is 10.0. The lowest BCUT2D eigenvalue weighted by molar-refractivity contribution is 0.220. The molecule has 1 atom stereocenters. The zero-order valence-electron chi connectivity index (χ0n) is 9.32. The van der Waals surface area contributed by atoms with Gasteiger partial charge >= 0.3 is 0 Å². The summed E-state index contributed by atoms with van der Waals surface area (Å²) in [6, 6.07) is 13.2. The zero-order chi connectivity index (χ0) is 12.4. The molecule has 0 unspecified atom stereocenters. The molecule has 17 heavy (non-hydrogen) atoms. The minimum absolute atomic E-state index is 0.648. The third kappa shape index (κ3) is 2.89. The van der Waals surface area contributed by atoms with Gasteiger partial charge in [-0.2, -0.15) is 0 Å². The van der Waals surface area contributed by atoms with Gasteiger partial charge in [-0.25, -0.2) is 0 Å². The lowest BCUT2D eigenvalue weighted by Crippen LogP contribution is -1.99. The highest BCUT2D eigenvalue weighted by molar-refractivity contribution is 9.10. The Hall–Kier alpha value is -0.830. The summed E-state index contributed by atoms with van der Waals surface area (Å²) in [5.74, 6) is 0. The summed E-state index contributed by atoms with van der Waals surface area (Å²) < 4.78 is 0.951. The summed E-state index contributed by atoms with van der Waals surface area (Å²) in [6.45, 7) is 1.94. The fourth-order valence-electron chi connectivity index (χ4n) is 1.65. The number of halogens is 2. The SMILES string of the molecule is Cc1ccc([C@@H](O)c2cccc(Br)c2)cc1Cl. The number of hydrogen-bond donors (Lipinski definition) is 1. The van der Waals surface area contributed by atoms with Crippen molar-refractivity contribution in [3.63, 3.8) is 0 Å². The predicted octanol–water partition coefficient (Wildman–Crippen LogP) is 4.49. The van der Waals surface area contributed by atoms with E-state index in [1.807, 2.05) is 49.4 Å². The number of aryl methyl sites for hydroxylation is 1. The van der Waals surface area contributed by atoms with Crippen LogP contribution in [0.15, 0.2) is 46.9 Å². The second-order valence-electron chi connectivity index (χ2n) is 3.97. The van der Waals surface area contributed by atoms with E-state index >= 15 is 0 Å². The van der Waals surface area contributed by atoms with E-state index in [2.05, 4.69) is 15.9 Å². The van der Waals surface area contributed by atoms with Crippen molar-refractivity contribution in [1.82, 2.24) is 0 Å². The Kier molecular flexibility index (Phi) is 3.87. The van der Waals surface area contributed by atoms with Gasteiger partial charge in [0.15, 0.2) is 0 Å². The van der Waals surface area contributed by atoms with Crippen molar-refractivity contribution >= 4 is 27.5 Å². The minimum atomic E-state index is -0.648. The van der Waals surface area contributed by atoms with Crippen LogP contribution in [0.2, 0.25) is 5.02 Å². The Morgan fingerprint density at radius 1 is 1.12 bits per heavy atom. The fraction of sp³-hybridized carbons (Fsp3) is 0.143. The molecule has 0 saturated carbocycles. The van der Waals surface area contributed by atoms with Gasteiger partial charge in [-0.3, -0.25) is 0 Å². The van der Waals surface area contributed by atoms with Gasteiger partial charge in [-0.1, -0.05) is 51.8 Å².